The van der Waals surface area contributed by atoms with Gasteiger partial charge >= 0.3 is 0 Å². The van der Waals surface area contributed by atoms with Gasteiger partial charge in [-0.3, -0.25) is 4.72 Å². The minimum Gasteiger partial charge on any atom is -0.339 e. The number of hydrogen-bond acceptors (Lipinski definition) is 6. The summed E-state index contributed by atoms with van der Waals surface area (Å²) >= 11 is 1.21. The molecule has 0 bridgehead atoms. The fourth-order valence-electron chi connectivity index (χ4n) is 2.30. The topological polar surface area (TPSA) is 84.0 Å². The van der Waals surface area contributed by atoms with Crippen LogP contribution in [0.5, 0.6) is 0 Å². The molecule has 3 rings (SSSR count). The number of aryl methyl sites for hydroxylation is 1. The molecule has 0 fully saturated rings. The number of rotatable bonds is 6. The molecule has 0 atom stereocenters. The Hall–Kier alpha value is -2.45. The highest BCUT2D eigenvalue weighted by Crippen LogP contribution is 2.23. The molecule has 0 aliphatic carbocycles. The zero-order chi connectivity index (χ0) is 18.7. The third-order valence-electron chi connectivity index (χ3n) is 3.73. The van der Waals surface area contributed by atoms with Crippen molar-refractivity contribution in [3.8, 4) is 0 Å². The maximum atomic E-state index is 12.3. The molecule has 0 radical (unpaired) electrons. The van der Waals surface area contributed by atoms with E-state index >= 15 is 0 Å². The molecule has 3 aromatic rings. The summed E-state index contributed by atoms with van der Waals surface area (Å²) in [5.41, 5.74) is 2.15. The summed E-state index contributed by atoms with van der Waals surface area (Å²) in [6, 6.07) is 14.7. The molecule has 136 valence electrons. The number of sulfonamides is 1. The molecule has 0 saturated heterocycles. The highest BCUT2D eigenvalue weighted by atomic mass is 32.2. The zero-order valence-electron chi connectivity index (χ0n) is 14.7. The van der Waals surface area contributed by atoms with Gasteiger partial charge in [-0.1, -0.05) is 26.0 Å². The van der Waals surface area contributed by atoms with Gasteiger partial charge in [0, 0.05) is 10.6 Å². The number of thiophene rings is 1. The van der Waals surface area contributed by atoms with Crippen molar-refractivity contribution in [3.63, 3.8) is 0 Å². The smallest absolute Gasteiger partial charge is 0.272 e. The third kappa shape index (κ3) is 4.39. The zero-order valence-corrected chi connectivity index (χ0v) is 16.4. The summed E-state index contributed by atoms with van der Waals surface area (Å²) in [6.07, 6.45) is 0. The van der Waals surface area contributed by atoms with Gasteiger partial charge in [-0.2, -0.15) is 0 Å². The van der Waals surface area contributed by atoms with E-state index in [1.807, 2.05) is 19.1 Å². The second kappa shape index (κ2) is 7.43. The molecule has 2 heterocycles. The maximum absolute atomic E-state index is 12.3. The van der Waals surface area contributed by atoms with Crippen molar-refractivity contribution in [1.29, 1.82) is 0 Å². The van der Waals surface area contributed by atoms with Gasteiger partial charge in [0.1, 0.15) is 4.21 Å². The molecule has 2 N–H and O–H groups in total. The molecule has 26 heavy (non-hydrogen) atoms. The van der Waals surface area contributed by atoms with Crippen LogP contribution in [0.2, 0.25) is 0 Å². The van der Waals surface area contributed by atoms with Crippen LogP contribution in [0, 0.1) is 6.92 Å². The van der Waals surface area contributed by atoms with E-state index in [1.165, 1.54) is 16.9 Å². The molecule has 0 unspecified atom stereocenters. The summed E-state index contributed by atoms with van der Waals surface area (Å²) < 4.78 is 27.3. The fraction of sp³-hybridized carbons (Fsp3) is 0.222. The number of nitrogens with one attached hydrogen (secondary N) is 2. The predicted molar refractivity (Wildman–Crippen MR) is 106 cm³/mol. The molecule has 0 amide bonds. The highest BCUT2D eigenvalue weighted by Gasteiger charge is 2.17. The third-order valence-corrected chi connectivity index (χ3v) is 6.58. The van der Waals surface area contributed by atoms with Crippen LogP contribution in [-0.4, -0.2) is 18.6 Å². The SMILES string of the molecule is Cc1ccc(S(=O)(=O)Nc2ccc(Nc3ccc(C(C)C)cc3)nn2)s1. The molecule has 0 spiro atoms. The van der Waals surface area contributed by atoms with Crippen molar-refractivity contribution >= 4 is 38.7 Å². The first-order valence-corrected chi connectivity index (χ1v) is 10.4. The molecule has 8 heteroatoms. The Balaban J connectivity index is 1.68. The van der Waals surface area contributed by atoms with Crippen LogP contribution < -0.4 is 10.0 Å². The van der Waals surface area contributed by atoms with Crippen molar-refractivity contribution in [3.05, 3.63) is 59.0 Å². The Kier molecular flexibility index (Phi) is 5.24. The summed E-state index contributed by atoms with van der Waals surface area (Å²) in [4.78, 5) is 0.930. The van der Waals surface area contributed by atoms with E-state index in [0.717, 1.165) is 10.6 Å². The van der Waals surface area contributed by atoms with Crippen LogP contribution in [-0.2, 0) is 10.0 Å². The lowest BCUT2D eigenvalue weighted by Gasteiger charge is -2.09. The molecule has 6 nitrogen and oxygen atoms in total. The standard InChI is InChI=1S/C18H20N4O2S2/c1-12(2)14-5-7-15(8-6-14)19-16-9-10-17(21-20-16)22-26(23,24)18-11-4-13(3)25-18/h4-12H,1-3H3,(H,19,20)(H,21,22). The van der Waals surface area contributed by atoms with Crippen LogP contribution in [0.1, 0.15) is 30.2 Å². The average molecular weight is 389 g/mol. The molecule has 1 aromatic carbocycles. The Bertz CT molecular complexity index is 979. The number of anilines is 3. The Morgan fingerprint density at radius 1 is 0.923 bits per heavy atom. The Morgan fingerprint density at radius 2 is 1.58 bits per heavy atom. The largest absolute Gasteiger partial charge is 0.339 e. The van der Waals surface area contributed by atoms with E-state index in [9.17, 15) is 8.42 Å². The first kappa shape index (κ1) is 18.3. The lowest BCUT2D eigenvalue weighted by Crippen LogP contribution is -2.13. The predicted octanol–water partition coefficient (Wildman–Crippen LogP) is 4.51. The fourth-order valence-corrected chi connectivity index (χ4v) is 4.58. The Labute approximate surface area is 157 Å². The van der Waals surface area contributed by atoms with Gasteiger partial charge in [0.15, 0.2) is 11.6 Å². The van der Waals surface area contributed by atoms with Gasteiger partial charge in [0.05, 0.1) is 0 Å². The van der Waals surface area contributed by atoms with E-state index in [-0.39, 0.29) is 10.0 Å². The van der Waals surface area contributed by atoms with E-state index in [1.54, 1.807) is 24.3 Å². The van der Waals surface area contributed by atoms with Gasteiger partial charge in [0.25, 0.3) is 10.0 Å². The van der Waals surface area contributed by atoms with E-state index in [2.05, 4.69) is 46.2 Å². The monoisotopic (exact) mass is 388 g/mol. The van der Waals surface area contributed by atoms with Gasteiger partial charge in [-0.15, -0.1) is 21.5 Å². The first-order chi connectivity index (χ1) is 12.3. The molecule has 0 saturated carbocycles. The van der Waals surface area contributed by atoms with Crippen LogP contribution in [0.15, 0.2) is 52.7 Å². The van der Waals surface area contributed by atoms with Crippen LogP contribution in [0.25, 0.3) is 0 Å². The quantitative estimate of drug-likeness (QED) is 0.649. The molecular formula is C18H20N4O2S2. The molecule has 2 aromatic heterocycles. The summed E-state index contributed by atoms with van der Waals surface area (Å²) in [6.45, 7) is 6.15. The molecule has 0 aliphatic rings. The highest BCUT2D eigenvalue weighted by molar-refractivity contribution is 7.94. The number of hydrogen-bond donors (Lipinski definition) is 2. The van der Waals surface area contributed by atoms with Gasteiger partial charge in [0.2, 0.25) is 0 Å². The number of nitrogens with zero attached hydrogens (tertiary/aromatic N) is 2. The van der Waals surface area contributed by atoms with Crippen molar-refractivity contribution in [1.82, 2.24) is 10.2 Å². The average Bonchev–Trinajstić information content (AvgIpc) is 3.04. The summed E-state index contributed by atoms with van der Waals surface area (Å²) in [7, 11) is -3.63. The second-order valence-electron chi connectivity index (χ2n) is 6.18. The van der Waals surface area contributed by atoms with Crippen molar-refractivity contribution < 1.29 is 8.42 Å². The maximum Gasteiger partial charge on any atom is 0.272 e. The van der Waals surface area contributed by atoms with Gasteiger partial charge in [-0.25, -0.2) is 8.42 Å². The number of aromatic nitrogens is 2. The minimum absolute atomic E-state index is 0.178. The van der Waals surface area contributed by atoms with Crippen LogP contribution in [0.3, 0.4) is 0 Å². The van der Waals surface area contributed by atoms with Crippen LogP contribution >= 0.6 is 11.3 Å². The minimum atomic E-state index is -3.63. The van der Waals surface area contributed by atoms with E-state index in [0.29, 0.717) is 11.7 Å². The first-order valence-electron chi connectivity index (χ1n) is 8.13. The normalized spacial score (nSPS) is 11.5. The van der Waals surface area contributed by atoms with Crippen molar-refractivity contribution in [2.45, 2.75) is 30.9 Å². The van der Waals surface area contributed by atoms with Gasteiger partial charge in [-0.05, 0) is 54.8 Å². The van der Waals surface area contributed by atoms with E-state index in [4.69, 9.17) is 0 Å². The van der Waals surface area contributed by atoms with E-state index < -0.39 is 10.0 Å². The molecule has 0 aliphatic heterocycles. The van der Waals surface area contributed by atoms with Gasteiger partial charge < -0.3 is 5.32 Å². The Morgan fingerprint density at radius 3 is 2.12 bits per heavy atom. The lowest BCUT2D eigenvalue weighted by atomic mass is 10.0. The lowest BCUT2D eigenvalue weighted by molar-refractivity contribution is 0.603. The van der Waals surface area contributed by atoms with Crippen LogP contribution in [0.4, 0.5) is 17.3 Å². The van der Waals surface area contributed by atoms with Crippen molar-refractivity contribution in [2.24, 2.45) is 0 Å². The van der Waals surface area contributed by atoms with Crippen molar-refractivity contribution in [2.75, 3.05) is 10.0 Å². The summed E-state index contributed by atoms with van der Waals surface area (Å²) in [5.74, 6) is 1.19. The second-order valence-corrected chi connectivity index (χ2v) is 9.37. The molecular weight excluding hydrogens is 368 g/mol. The summed E-state index contributed by atoms with van der Waals surface area (Å²) in [5, 5.41) is 11.1. The number of benzene rings is 1.